The number of hydrogen-bond donors (Lipinski definition) is 0. The summed E-state index contributed by atoms with van der Waals surface area (Å²) in [5.74, 6) is 0. The van der Waals surface area contributed by atoms with Gasteiger partial charge in [-0.2, -0.15) is 0 Å². The van der Waals surface area contributed by atoms with Crippen molar-refractivity contribution < 1.29 is 0 Å². The number of para-hydroxylation sites is 6. The lowest BCUT2D eigenvalue weighted by atomic mass is 10.0. The van der Waals surface area contributed by atoms with Gasteiger partial charge in [-0.3, -0.25) is 0 Å². The maximum absolute atomic E-state index is 2.46. The van der Waals surface area contributed by atoms with Crippen molar-refractivity contribution in [2.75, 3.05) is 0 Å². The van der Waals surface area contributed by atoms with Gasteiger partial charge in [0.25, 0.3) is 0 Å². The molecule has 0 aliphatic rings. The SMILES string of the molecule is c1cc(-c2ccccc2-n2c3ccccc3c3ccccc32)cc(-n2c3ccccc3c3cc(Cn4c5ccccc5c5ccccc54)ccc32)c1. The minimum absolute atomic E-state index is 0.804. The molecule has 3 heterocycles. The zero-order valence-corrected chi connectivity index (χ0v) is 28.4. The minimum atomic E-state index is 0.804. The number of benzene rings is 8. The Balaban J connectivity index is 1.06. The number of hydrogen-bond acceptors (Lipinski definition) is 0. The molecule has 0 spiro atoms. The number of fused-ring (bicyclic) bond motifs is 9. The molecule has 0 aliphatic carbocycles. The lowest BCUT2D eigenvalue weighted by Crippen LogP contribution is -2.00. The fourth-order valence-electron chi connectivity index (χ4n) is 8.66. The van der Waals surface area contributed by atoms with Gasteiger partial charge in [0, 0.05) is 61.1 Å². The summed E-state index contributed by atoms with van der Waals surface area (Å²) < 4.78 is 7.32. The zero-order valence-electron chi connectivity index (χ0n) is 28.4. The quantitative estimate of drug-likeness (QED) is 0.174. The molecule has 0 fully saturated rings. The Morgan fingerprint density at radius 2 is 0.808 bits per heavy atom. The highest BCUT2D eigenvalue weighted by Crippen LogP contribution is 2.38. The molecule has 3 aromatic heterocycles. The smallest absolute Gasteiger partial charge is 0.0541 e. The van der Waals surface area contributed by atoms with Gasteiger partial charge in [-0.15, -0.1) is 0 Å². The molecule has 0 saturated carbocycles. The summed E-state index contributed by atoms with van der Waals surface area (Å²) in [4.78, 5) is 0. The Bertz CT molecular complexity index is 3060. The minimum Gasteiger partial charge on any atom is -0.336 e. The van der Waals surface area contributed by atoms with E-state index in [9.17, 15) is 0 Å². The summed E-state index contributed by atoms with van der Waals surface area (Å²) in [6.07, 6.45) is 0. The van der Waals surface area contributed by atoms with Crippen molar-refractivity contribution in [1.82, 2.24) is 13.7 Å². The molecule has 0 saturated heterocycles. The second kappa shape index (κ2) is 11.3. The molecule has 11 rings (SSSR count). The summed E-state index contributed by atoms with van der Waals surface area (Å²) in [6, 6.07) is 68.7. The van der Waals surface area contributed by atoms with Crippen LogP contribution in [-0.2, 0) is 6.54 Å². The van der Waals surface area contributed by atoms with Gasteiger partial charge in [0.2, 0.25) is 0 Å². The van der Waals surface area contributed by atoms with Crippen LogP contribution in [0.1, 0.15) is 5.56 Å². The van der Waals surface area contributed by atoms with E-state index in [1.807, 2.05) is 0 Å². The van der Waals surface area contributed by atoms with Crippen molar-refractivity contribution in [3.8, 4) is 22.5 Å². The van der Waals surface area contributed by atoms with E-state index in [-0.39, 0.29) is 0 Å². The van der Waals surface area contributed by atoms with Crippen molar-refractivity contribution in [3.63, 3.8) is 0 Å². The van der Waals surface area contributed by atoms with Gasteiger partial charge in [0.15, 0.2) is 0 Å². The standard InChI is InChI=1S/C49H33N3/c1-9-24-45(52-47-26-11-4-19-39(47)40-20-5-12-27-48(40)52)36(16-1)34-14-13-15-35(31-34)51-46-25-10-6-21-41(46)42-30-33(28-29-49(42)51)32-50-43-22-7-2-17-37(43)38-18-3-8-23-44(38)50/h1-31H,32H2. The van der Waals surface area contributed by atoms with Crippen LogP contribution in [0.15, 0.2) is 188 Å². The molecule has 0 atom stereocenters. The van der Waals surface area contributed by atoms with Crippen LogP contribution in [0.25, 0.3) is 87.9 Å². The highest BCUT2D eigenvalue weighted by molar-refractivity contribution is 6.11. The fourth-order valence-corrected chi connectivity index (χ4v) is 8.66. The van der Waals surface area contributed by atoms with Gasteiger partial charge in [-0.25, -0.2) is 0 Å². The van der Waals surface area contributed by atoms with Crippen LogP contribution < -0.4 is 0 Å². The maximum Gasteiger partial charge on any atom is 0.0541 e. The highest BCUT2D eigenvalue weighted by Gasteiger charge is 2.18. The summed E-state index contributed by atoms with van der Waals surface area (Å²) >= 11 is 0. The molecule has 11 aromatic rings. The van der Waals surface area contributed by atoms with Crippen LogP contribution in [0.5, 0.6) is 0 Å². The molecule has 0 amide bonds. The third-order valence-electron chi connectivity index (χ3n) is 10.9. The van der Waals surface area contributed by atoms with Gasteiger partial charge >= 0.3 is 0 Å². The Kier molecular flexibility index (Phi) is 6.31. The Morgan fingerprint density at radius 1 is 0.327 bits per heavy atom. The molecular formula is C49H33N3. The van der Waals surface area contributed by atoms with E-state index < -0.39 is 0 Å². The zero-order chi connectivity index (χ0) is 34.2. The average molecular weight is 664 g/mol. The Labute approximate surface area is 300 Å². The highest BCUT2D eigenvalue weighted by atomic mass is 15.0. The molecule has 0 unspecified atom stereocenters. The van der Waals surface area contributed by atoms with E-state index in [0.29, 0.717) is 0 Å². The van der Waals surface area contributed by atoms with Gasteiger partial charge < -0.3 is 13.7 Å². The molecule has 0 N–H and O–H groups in total. The summed E-state index contributed by atoms with van der Waals surface area (Å²) in [6.45, 7) is 0.804. The third kappa shape index (κ3) is 4.26. The molecule has 0 aliphatic heterocycles. The summed E-state index contributed by atoms with van der Waals surface area (Å²) in [5.41, 5.74) is 13.4. The van der Waals surface area contributed by atoms with E-state index in [4.69, 9.17) is 0 Å². The predicted octanol–water partition coefficient (Wildman–Crippen LogP) is 12.7. The second-order valence-electron chi connectivity index (χ2n) is 13.8. The molecule has 52 heavy (non-hydrogen) atoms. The van der Waals surface area contributed by atoms with Crippen LogP contribution in [0, 0.1) is 0 Å². The van der Waals surface area contributed by atoms with Crippen molar-refractivity contribution in [3.05, 3.63) is 194 Å². The lowest BCUT2D eigenvalue weighted by molar-refractivity contribution is 0.870. The van der Waals surface area contributed by atoms with Gasteiger partial charge in [-0.05, 0) is 71.8 Å². The molecule has 3 heteroatoms. The number of aromatic nitrogens is 3. The first-order valence-electron chi connectivity index (χ1n) is 18.0. The van der Waals surface area contributed by atoms with Crippen LogP contribution in [0.2, 0.25) is 0 Å². The van der Waals surface area contributed by atoms with Crippen molar-refractivity contribution in [1.29, 1.82) is 0 Å². The van der Waals surface area contributed by atoms with Gasteiger partial charge in [0.1, 0.15) is 0 Å². The molecule has 8 aromatic carbocycles. The predicted molar refractivity (Wildman–Crippen MR) is 219 cm³/mol. The first kappa shape index (κ1) is 28.9. The third-order valence-corrected chi connectivity index (χ3v) is 10.9. The van der Waals surface area contributed by atoms with Gasteiger partial charge in [-0.1, -0.05) is 127 Å². The monoisotopic (exact) mass is 663 g/mol. The summed E-state index contributed by atoms with van der Waals surface area (Å²) in [5, 5.41) is 7.67. The van der Waals surface area contributed by atoms with Crippen LogP contribution in [-0.4, -0.2) is 13.7 Å². The van der Waals surface area contributed by atoms with E-state index in [1.54, 1.807) is 0 Å². The molecule has 0 radical (unpaired) electrons. The average Bonchev–Trinajstić information content (AvgIpc) is 3.84. The first-order valence-corrected chi connectivity index (χ1v) is 18.0. The largest absolute Gasteiger partial charge is 0.336 e. The molecule has 244 valence electrons. The Morgan fingerprint density at radius 3 is 1.44 bits per heavy atom. The topological polar surface area (TPSA) is 14.8 Å². The summed E-state index contributed by atoms with van der Waals surface area (Å²) in [7, 11) is 0. The molecule has 3 nitrogen and oxygen atoms in total. The molecular weight excluding hydrogens is 631 g/mol. The Hall–Kier alpha value is -6.84. The first-order chi connectivity index (χ1) is 25.8. The van der Waals surface area contributed by atoms with Gasteiger partial charge in [0.05, 0.1) is 27.8 Å². The van der Waals surface area contributed by atoms with Crippen molar-refractivity contribution in [2.45, 2.75) is 6.54 Å². The second-order valence-corrected chi connectivity index (χ2v) is 13.8. The van der Waals surface area contributed by atoms with Crippen molar-refractivity contribution in [2.24, 2.45) is 0 Å². The van der Waals surface area contributed by atoms with Crippen LogP contribution in [0.3, 0.4) is 0 Å². The lowest BCUT2D eigenvalue weighted by Gasteiger charge is -2.15. The number of nitrogens with zero attached hydrogens (tertiary/aromatic N) is 3. The fraction of sp³-hybridized carbons (Fsp3) is 0.0204. The normalized spacial score (nSPS) is 11.9. The van der Waals surface area contributed by atoms with Crippen LogP contribution in [0.4, 0.5) is 0 Å². The van der Waals surface area contributed by atoms with E-state index in [1.165, 1.54) is 87.8 Å². The maximum atomic E-state index is 2.46. The van der Waals surface area contributed by atoms with E-state index in [2.05, 4.69) is 202 Å². The molecule has 0 bridgehead atoms. The van der Waals surface area contributed by atoms with Crippen molar-refractivity contribution >= 4 is 65.4 Å². The van der Waals surface area contributed by atoms with E-state index in [0.717, 1.165) is 12.2 Å². The van der Waals surface area contributed by atoms with Crippen LogP contribution >= 0.6 is 0 Å². The number of rotatable bonds is 5. The van der Waals surface area contributed by atoms with E-state index >= 15 is 0 Å².